The van der Waals surface area contributed by atoms with Gasteiger partial charge in [0, 0.05) is 68.5 Å². The molecule has 0 unspecified atom stereocenters. The molecule has 6 aromatic rings. The van der Waals surface area contributed by atoms with Gasteiger partial charge in [0.2, 0.25) is 0 Å². The number of aryl methyl sites for hydroxylation is 3. The summed E-state index contributed by atoms with van der Waals surface area (Å²) in [6.07, 6.45) is 49.8. The van der Waals surface area contributed by atoms with E-state index in [1.54, 1.807) is 46.3 Å². The average Bonchev–Trinajstić information content (AvgIpc) is 1.68. The van der Waals surface area contributed by atoms with Crippen LogP contribution in [0.25, 0.3) is 11.6 Å². The first-order valence-corrected chi connectivity index (χ1v) is 35.4. The Labute approximate surface area is 580 Å². The lowest BCUT2D eigenvalue weighted by atomic mass is 9.92. The smallest absolute Gasteiger partial charge is 0.407 e. The molecule has 1 amide bonds. The number of carbonyl (C=O) groups excluding carboxylic acids is 3. The number of aliphatic hydroxyl groups is 1. The van der Waals surface area contributed by atoms with Gasteiger partial charge in [-0.15, -0.1) is 10.2 Å². The minimum atomic E-state index is -0.474. The molecule has 4 heterocycles. The van der Waals surface area contributed by atoms with Crippen LogP contribution >= 0.6 is 0 Å². The second-order valence-electron chi connectivity index (χ2n) is 23.5. The molecule has 0 radical (unpaired) electrons. The summed E-state index contributed by atoms with van der Waals surface area (Å²) < 4.78 is 21.7. The standard InChI is InChI=1S/C15H21NO2.C12H12N2.C11H20N2.2C10H19N3.C7H10O3.C7H16.C6H10O2/c1-6-18-14(17)16-15(4,5)13-9-7-8-12(10-13)11(2)3;1-2-11-4-6-12(7-5-11)10-14-9-3-8-13-14;1-2-3-4-5-6-7-10-13-11-8-9-12-13;2*1-2-3-4-5-6-7-9-13-10-8-11-12-13;1-3-10-7(9)5-4-6(2)8;1-3-5-7-6-4-2;1-4-8-6(7)5(2)3/h7-10H,2,6H2,1,3-5H3,(H,16,17);2-9H,1,10H2;8-9,11H,2-7,10H2,1H3;2*8,10H,2-7,9H2,1H3;4-5,8H,2-3H2,1H3;3-7H2,1-2H3;2,4H2,1,3H3/b;;;;;5-4-;;. The lowest BCUT2D eigenvalue weighted by Crippen LogP contribution is -2.41. The van der Waals surface area contributed by atoms with Crippen molar-refractivity contribution in [2.45, 2.75) is 262 Å². The second kappa shape index (κ2) is 62.9. The molecule has 4 aromatic heterocycles. The highest BCUT2D eigenvalue weighted by atomic mass is 16.5. The van der Waals surface area contributed by atoms with Crippen LogP contribution in [0, 0.1) is 0 Å². The Bertz CT molecular complexity index is 2700. The van der Waals surface area contributed by atoms with Crippen molar-refractivity contribution in [3.05, 3.63) is 182 Å². The van der Waals surface area contributed by atoms with Crippen molar-refractivity contribution in [2.24, 2.45) is 0 Å². The van der Waals surface area contributed by atoms with E-state index in [1.807, 2.05) is 113 Å². The monoisotopic (exact) mass is 1330 g/mol. The van der Waals surface area contributed by atoms with Crippen molar-refractivity contribution in [1.29, 1.82) is 0 Å². The van der Waals surface area contributed by atoms with E-state index < -0.39 is 17.6 Å². The molecule has 2 N–H and O–H groups in total. The fourth-order valence-electron chi connectivity index (χ4n) is 8.59. The van der Waals surface area contributed by atoms with Crippen LogP contribution in [0.4, 0.5) is 4.79 Å². The van der Waals surface area contributed by atoms with Crippen molar-refractivity contribution in [2.75, 3.05) is 19.8 Å². The zero-order valence-corrected chi connectivity index (χ0v) is 61.5. The van der Waals surface area contributed by atoms with Gasteiger partial charge in [-0.05, 0) is 114 Å². The first kappa shape index (κ1) is 89.9. The molecular weight excluding hydrogens is 1200 g/mol. The first-order chi connectivity index (χ1) is 46.3. The second-order valence-corrected chi connectivity index (χ2v) is 23.5. The molecule has 0 aliphatic rings. The molecule has 0 aliphatic heterocycles. The summed E-state index contributed by atoms with van der Waals surface area (Å²) in [7, 11) is 0. The number of allylic oxidation sites excluding steroid dienone is 2. The maximum atomic E-state index is 11.5. The van der Waals surface area contributed by atoms with Crippen molar-refractivity contribution in [3.63, 3.8) is 0 Å². The SMILES string of the molecule is C=C(C)C(=O)OCC.C=C(C)c1cccc(C(C)(C)NC(=O)OCC)c1.C=C(O)/C=C\C(=O)OCC.C=Cc1ccc(Cn2cccn2)cc1.CCCCCCC.CCCCCCCCn1cccn1.CCCCCCCCn1ccnn1.CCCCCCCCn1ccnn1. The van der Waals surface area contributed by atoms with E-state index in [4.69, 9.17) is 9.84 Å². The van der Waals surface area contributed by atoms with Gasteiger partial charge in [0.25, 0.3) is 0 Å². The molecule has 0 spiro atoms. The number of carbonyl (C=O) groups is 3. The van der Waals surface area contributed by atoms with Crippen molar-refractivity contribution >= 4 is 29.7 Å². The predicted molar refractivity (Wildman–Crippen MR) is 398 cm³/mol. The van der Waals surface area contributed by atoms with Gasteiger partial charge in [0.15, 0.2) is 0 Å². The lowest BCUT2D eigenvalue weighted by Gasteiger charge is -2.26. The number of benzene rings is 2. The minimum absolute atomic E-state index is 0.159. The van der Waals surface area contributed by atoms with Gasteiger partial charge in [0.1, 0.15) is 5.76 Å². The van der Waals surface area contributed by atoms with Crippen LogP contribution in [0.5, 0.6) is 0 Å². The molecule has 6 rings (SSSR count). The van der Waals surface area contributed by atoms with Crippen LogP contribution < -0.4 is 5.32 Å². The molecule has 0 saturated heterocycles. The number of unbranched alkanes of at least 4 members (excludes halogenated alkanes) is 19. The maximum Gasteiger partial charge on any atom is 0.407 e. The fraction of sp³-hybridized carbons (Fsp3) is 0.551. The van der Waals surface area contributed by atoms with E-state index in [2.05, 4.69) is 131 Å². The third kappa shape index (κ3) is 54.1. The fourth-order valence-corrected chi connectivity index (χ4v) is 8.59. The average molecular weight is 1330 g/mol. The van der Waals surface area contributed by atoms with Gasteiger partial charge in [0.05, 0.1) is 44.3 Å². The summed E-state index contributed by atoms with van der Waals surface area (Å²) in [5.74, 6) is -0.946. The van der Waals surface area contributed by atoms with E-state index in [9.17, 15) is 14.4 Å². The predicted octanol–water partition coefficient (Wildman–Crippen LogP) is 20.1. The summed E-state index contributed by atoms with van der Waals surface area (Å²) in [6, 6.07) is 20.2. The van der Waals surface area contributed by atoms with Crippen LogP contribution in [0.15, 0.2) is 160 Å². The third-order valence-electron chi connectivity index (χ3n) is 14.1. The first-order valence-electron chi connectivity index (χ1n) is 35.4. The normalized spacial score (nSPS) is 10.2. The summed E-state index contributed by atoms with van der Waals surface area (Å²) in [6.45, 7) is 43.2. The van der Waals surface area contributed by atoms with Crippen LogP contribution in [0.1, 0.15) is 253 Å². The zero-order chi connectivity index (χ0) is 71.7. The highest BCUT2D eigenvalue weighted by Gasteiger charge is 2.23. The van der Waals surface area contributed by atoms with Gasteiger partial charge < -0.3 is 24.6 Å². The molecule has 0 atom stereocenters. The number of amides is 1. The summed E-state index contributed by atoms with van der Waals surface area (Å²) in [5.41, 5.74) is 5.48. The van der Waals surface area contributed by atoms with E-state index >= 15 is 0 Å². The number of rotatable bonds is 37. The van der Waals surface area contributed by atoms with E-state index in [0.717, 1.165) is 54.5 Å². The molecule has 18 nitrogen and oxygen atoms in total. The van der Waals surface area contributed by atoms with E-state index in [-0.39, 0.29) is 11.7 Å². The van der Waals surface area contributed by atoms with Crippen LogP contribution in [-0.2, 0) is 55.5 Å². The van der Waals surface area contributed by atoms with Gasteiger partial charge in [-0.2, -0.15) is 10.2 Å². The van der Waals surface area contributed by atoms with Crippen molar-refractivity contribution < 1.29 is 33.7 Å². The zero-order valence-electron chi connectivity index (χ0n) is 61.5. The molecule has 536 valence electrons. The number of hydrogen-bond donors (Lipinski definition) is 2. The number of ether oxygens (including phenoxy) is 3. The Kier molecular flexibility index (Phi) is 58.9. The minimum Gasteiger partial charge on any atom is -0.509 e. The number of aliphatic hydroxyl groups excluding tert-OH is 1. The van der Waals surface area contributed by atoms with Gasteiger partial charge in [-0.3, -0.25) is 18.7 Å². The summed E-state index contributed by atoms with van der Waals surface area (Å²) >= 11 is 0. The van der Waals surface area contributed by atoms with E-state index in [1.165, 1.54) is 159 Å². The Hall–Kier alpha value is -8.15. The van der Waals surface area contributed by atoms with Gasteiger partial charge in [-0.25, -0.2) is 14.4 Å². The number of nitrogens with one attached hydrogen (secondary N) is 1. The number of aromatic nitrogens is 10. The highest BCUT2D eigenvalue weighted by Crippen LogP contribution is 2.24. The summed E-state index contributed by atoms with van der Waals surface area (Å²) in [5, 5.41) is 35.0. The van der Waals surface area contributed by atoms with Crippen molar-refractivity contribution in [3.8, 4) is 0 Å². The highest BCUT2D eigenvalue weighted by molar-refractivity contribution is 5.86. The summed E-state index contributed by atoms with van der Waals surface area (Å²) in [4.78, 5) is 32.4. The Morgan fingerprint density at radius 2 is 0.958 bits per heavy atom. The molecule has 0 saturated carbocycles. The topological polar surface area (TPSA) is 208 Å². The number of hydrogen-bond acceptors (Lipinski definition) is 13. The third-order valence-corrected chi connectivity index (χ3v) is 14.1. The van der Waals surface area contributed by atoms with Gasteiger partial charge >= 0.3 is 18.0 Å². The van der Waals surface area contributed by atoms with E-state index in [0.29, 0.717) is 25.4 Å². The van der Waals surface area contributed by atoms with Crippen molar-refractivity contribution in [1.82, 2.24) is 54.9 Å². The maximum absolute atomic E-state index is 11.5. The number of esters is 2. The van der Waals surface area contributed by atoms with Gasteiger partial charge in [-0.1, -0.05) is 254 Å². The molecular formula is C78H127N11O7. The lowest BCUT2D eigenvalue weighted by molar-refractivity contribution is -0.138. The quantitative estimate of drug-likeness (QED) is 0.00930. The van der Waals surface area contributed by atoms with Crippen LogP contribution in [0.2, 0.25) is 0 Å². The van der Waals surface area contributed by atoms with Crippen LogP contribution in [0.3, 0.4) is 0 Å². The largest absolute Gasteiger partial charge is 0.509 e. The van der Waals surface area contributed by atoms with Crippen LogP contribution in [-0.4, -0.2) is 92.5 Å². The molecule has 0 fully saturated rings. The Balaban J connectivity index is 0. The number of alkyl carbamates (subject to hydrolysis) is 1. The Morgan fingerprint density at radius 1 is 0.521 bits per heavy atom. The molecule has 96 heavy (non-hydrogen) atoms. The number of nitrogens with zero attached hydrogens (tertiary/aromatic N) is 10. The Morgan fingerprint density at radius 3 is 1.33 bits per heavy atom. The molecule has 2 aromatic carbocycles. The molecule has 18 heteroatoms. The molecule has 0 bridgehead atoms. The molecule has 0 aliphatic carbocycles.